The molecular weight excluding hydrogens is 286 g/mol. The molecule has 23 heavy (non-hydrogen) atoms. The van der Waals surface area contributed by atoms with Crippen LogP contribution >= 0.6 is 0 Å². The van der Waals surface area contributed by atoms with Gasteiger partial charge in [-0.2, -0.15) is 4.57 Å². The number of morpholine rings is 1. The number of para-hydroxylation sites is 3. The summed E-state index contributed by atoms with van der Waals surface area (Å²) in [6, 6.07) is 19.1. The minimum Gasteiger partial charge on any atom is -0.379 e. The van der Waals surface area contributed by atoms with E-state index < -0.39 is 0 Å². The van der Waals surface area contributed by atoms with Crippen LogP contribution < -0.4 is 4.57 Å². The molecular formula is C19H22N3O+. The third kappa shape index (κ3) is 3.00. The van der Waals surface area contributed by atoms with Crippen LogP contribution in [0, 0.1) is 0 Å². The van der Waals surface area contributed by atoms with Crippen LogP contribution in [-0.2, 0) is 11.3 Å². The third-order valence-electron chi connectivity index (χ3n) is 4.50. The van der Waals surface area contributed by atoms with Crippen molar-refractivity contribution in [3.8, 4) is 5.69 Å². The fourth-order valence-corrected chi connectivity index (χ4v) is 3.22. The zero-order chi connectivity index (χ0) is 15.5. The summed E-state index contributed by atoms with van der Waals surface area (Å²) in [6.07, 6.45) is 2.22. The van der Waals surface area contributed by atoms with Gasteiger partial charge in [0.2, 0.25) is 6.33 Å². The summed E-state index contributed by atoms with van der Waals surface area (Å²) in [6.45, 7) is 5.86. The standard InChI is InChI=1S/C19H22N3O/c1-2-6-17(7-3-1)22-16-21(18-8-4-5-9-19(18)22)11-10-20-12-14-23-15-13-20/h1-9,16H,10-15H2/q+1. The Balaban J connectivity index is 1.64. The van der Waals surface area contributed by atoms with Crippen LogP contribution in [0.1, 0.15) is 0 Å². The molecule has 4 nitrogen and oxygen atoms in total. The molecule has 4 rings (SSSR count). The Morgan fingerprint density at radius 2 is 1.65 bits per heavy atom. The van der Waals surface area contributed by atoms with Crippen LogP contribution in [0.3, 0.4) is 0 Å². The van der Waals surface area contributed by atoms with Gasteiger partial charge in [-0.15, -0.1) is 0 Å². The zero-order valence-electron chi connectivity index (χ0n) is 13.3. The molecule has 1 aromatic heterocycles. The maximum Gasteiger partial charge on any atom is 0.250 e. The van der Waals surface area contributed by atoms with Crippen LogP contribution in [0.5, 0.6) is 0 Å². The van der Waals surface area contributed by atoms with E-state index in [9.17, 15) is 0 Å². The quantitative estimate of drug-likeness (QED) is 0.690. The first-order valence-corrected chi connectivity index (χ1v) is 8.27. The number of hydrogen-bond donors (Lipinski definition) is 0. The van der Waals surface area contributed by atoms with Crippen molar-refractivity contribution in [2.75, 3.05) is 32.8 Å². The van der Waals surface area contributed by atoms with Crippen LogP contribution in [0.2, 0.25) is 0 Å². The maximum absolute atomic E-state index is 5.43. The van der Waals surface area contributed by atoms with E-state index in [1.165, 1.54) is 16.7 Å². The molecule has 2 heterocycles. The molecule has 0 atom stereocenters. The molecule has 0 N–H and O–H groups in total. The van der Waals surface area contributed by atoms with Crippen molar-refractivity contribution in [3.63, 3.8) is 0 Å². The highest BCUT2D eigenvalue weighted by atomic mass is 16.5. The summed E-state index contributed by atoms with van der Waals surface area (Å²) in [5, 5.41) is 0. The maximum atomic E-state index is 5.43. The molecule has 0 saturated carbocycles. The van der Waals surface area contributed by atoms with Crippen molar-refractivity contribution in [3.05, 3.63) is 60.9 Å². The van der Waals surface area contributed by atoms with E-state index in [1.807, 2.05) is 0 Å². The summed E-state index contributed by atoms with van der Waals surface area (Å²) < 4.78 is 10.1. The lowest BCUT2D eigenvalue weighted by Crippen LogP contribution is -2.44. The molecule has 3 aromatic rings. The Hall–Kier alpha value is -2.17. The normalized spacial score (nSPS) is 16.0. The molecule has 4 heteroatoms. The minimum absolute atomic E-state index is 0.858. The average Bonchev–Trinajstić information content (AvgIpc) is 3.01. The van der Waals surface area contributed by atoms with Crippen LogP contribution in [0.25, 0.3) is 16.7 Å². The van der Waals surface area contributed by atoms with Crippen molar-refractivity contribution in [1.29, 1.82) is 0 Å². The van der Waals surface area contributed by atoms with Crippen molar-refractivity contribution in [2.24, 2.45) is 0 Å². The first-order chi connectivity index (χ1) is 11.4. The monoisotopic (exact) mass is 308 g/mol. The molecule has 2 aromatic carbocycles. The van der Waals surface area contributed by atoms with Crippen LogP contribution in [0.15, 0.2) is 60.9 Å². The van der Waals surface area contributed by atoms with Gasteiger partial charge >= 0.3 is 0 Å². The average molecular weight is 308 g/mol. The van der Waals surface area contributed by atoms with Crippen LogP contribution in [-0.4, -0.2) is 42.3 Å². The Labute approximate surface area is 136 Å². The van der Waals surface area contributed by atoms with Gasteiger partial charge < -0.3 is 4.74 Å². The van der Waals surface area contributed by atoms with Gasteiger partial charge in [0, 0.05) is 19.6 Å². The predicted octanol–water partition coefficient (Wildman–Crippen LogP) is 2.25. The van der Waals surface area contributed by atoms with Gasteiger partial charge in [-0.25, -0.2) is 4.57 Å². The molecule has 1 saturated heterocycles. The molecule has 118 valence electrons. The highest BCUT2D eigenvalue weighted by Crippen LogP contribution is 2.16. The topological polar surface area (TPSA) is 21.3 Å². The largest absolute Gasteiger partial charge is 0.379 e. The summed E-state index contributed by atoms with van der Waals surface area (Å²) in [4.78, 5) is 2.48. The van der Waals surface area contributed by atoms with E-state index in [0.717, 1.165) is 39.4 Å². The SMILES string of the molecule is c1ccc(-n2c[n+](CCN3CCOCC3)c3ccccc32)cc1. The number of nitrogens with zero attached hydrogens (tertiary/aromatic N) is 3. The van der Waals surface area contributed by atoms with Crippen molar-refractivity contribution < 1.29 is 9.30 Å². The second-order valence-corrected chi connectivity index (χ2v) is 5.96. The Morgan fingerprint density at radius 3 is 2.48 bits per heavy atom. The third-order valence-corrected chi connectivity index (χ3v) is 4.50. The summed E-state index contributed by atoms with van der Waals surface area (Å²) in [5.41, 5.74) is 3.74. The van der Waals surface area contributed by atoms with Crippen molar-refractivity contribution in [1.82, 2.24) is 9.47 Å². The van der Waals surface area contributed by atoms with E-state index in [4.69, 9.17) is 4.74 Å². The number of ether oxygens (including phenoxy) is 1. The first kappa shape index (κ1) is 14.4. The van der Waals surface area contributed by atoms with E-state index in [0.29, 0.717) is 0 Å². The predicted molar refractivity (Wildman–Crippen MR) is 90.7 cm³/mol. The molecule has 0 radical (unpaired) electrons. The zero-order valence-corrected chi connectivity index (χ0v) is 13.3. The molecule has 0 bridgehead atoms. The highest BCUT2D eigenvalue weighted by Gasteiger charge is 2.18. The van der Waals surface area contributed by atoms with Gasteiger partial charge in [0.25, 0.3) is 0 Å². The number of hydrogen-bond acceptors (Lipinski definition) is 2. The number of fused-ring (bicyclic) bond motifs is 1. The Morgan fingerprint density at radius 1 is 0.913 bits per heavy atom. The summed E-state index contributed by atoms with van der Waals surface area (Å²) in [7, 11) is 0. The molecule has 1 aliphatic heterocycles. The highest BCUT2D eigenvalue weighted by molar-refractivity contribution is 5.73. The van der Waals surface area contributed by atoms with Gasteiger partial charge in [-0.3, -0.25) is 4.90 Å². The number of benzene rings is 2. The van der Waals surface area contributed by atoms with Crippen molar-refractivity contribution in [2.45, 2.75) is 6.54 Å². The smallest absolute Gasteiger partial charge is 0.250 e. The second kappa shape index (κ2) is 6.52. The molecule has 0 aliphatic carbocycles. The lowest BCUT2D eigenvalue weighted by atomic mass is 10.3. The molecule has 0 spiro atoms. The molecule has 0 amide bonds. The first-order valence-electron chi connectivity index (χ1n) is 8.27. The summed E-state index contributed by atoms with van der Waals surface area (Å²) >= 11 is 0. The van der Waals surface area contributed by atoms with Gasteiger partial charge in [-0.1, -0.05) is 30.3 Å². The van der Waals surface area contributed by atoms with E-state index >= 15 is 0 Å². The molecule has 1 aliphatic rings. The van der Waals surface area contributed by atoms with Crippen LogP contribution in [0.4, 0.5) is 0 Å². The van der Waals surface area contributed by atoms with Crippen molar-refractivity contribution >= 4 is 11.0 Å². The van der Waals surface area contributed by atoms with E-state index in [2.05, 4.69) is 75.0 Å². The van der Waals surface area contributed by atoms with Gasteiger partial charge in [0.15, 0.2) is 11.0 Å². The Kier molecular flexibility index (Phi) is 4.09. The fraction of sp³-hybridized carbons (Fsp3) is 0.316. The minimum atomic E-state index is 0.858. The fourth-order valence-electron chi connectivity index (χ4n) is 3.22. The number of aromatic nitrogens is 2. The van der Waals surface area contributed by atoms with Gasteiger partial charge in [0.05, 0.1) is 13.2 Å². The van der Waals surface area contributed by atoms with Gasteiger partial charge in [-0.05, 0) is 24.3 Å². The number of rotatable bonds is 4. The lowest BCUT2D eigenvalue weighted by Gasteiger charge is -2.25. The van der Waals surface area contributed by atoms with E-state index in [-0.39, 0.29) is 0 Å². The second-order valence-electron chi connectivity index (χ2n) is 5.96. The van der Waals surface area contributed by atoms with E-state index in [1.54, 1.807) is 0 Å². The molecule has 0 unspecified atom stereocenters. The lowest BCUT2D eigenvalue weighted by molar-refractivity contribution is -0.671. The molecule has 1 fully saturated rings. The van der Waals surface area contributed by atoms with Gasteiger partial charge in [0.1, 0.15) is 12.2 Å². The number of imidazole rings is 1. The summed E-state index contributed by atoms with van der Waals surface area (Å²) in [5.74, 6) is 0. The Bertz CT molecular complexity index is 776.